The van der Waals surface area contributed by atoms with Crippen LogP contribution >= 0.6 is 11.6 Å². The van der Waals surface area contributed by atoms with Gasteiger partial charge >= 0.3 is 18.1 Å². The zero-order chi connectivity index (χ0) is 40.4. The number of benzene rings is 2. The number of aliphatic hydroxyl groups is 1. The lowest BCUT2D eigenvalue weighted by molar-refractivity contribution is -0.168. The summed E-state index contributed by atoms with van der Waals surface area (Å²) in [4.78, 5) is 48.9. The van der Waals surface area contributed by atoms with Crippen molar-refractivity contribution in [3.8, 4) is 5.75 Å². The van der Waals surface area contributed by atoms with Crippen molar-refractivity contribution in [2.45, 2.75) is 59.2 Å². The number of rotatable bonds is 11. The number of ketones is 2. The number of halogens is 7. The Morgan fingerprint density at radius 1 is 0.981 bits per heavy atom. The van der Waals surface area contributed by atoms with Crippen molar-refractivity contribution in [2.24, 2.45) is 5.92 Å². The van der Waals surface area contributed by atoms with Crippen LogP contribution in [0.15, 0.2) is 41.3 Å². The Balaban J connectivity index is 0.000000587. The third kappa shape index (κ3) is 13.1. The van der Waals surface area contributed by atoms with Gasteiger partial charge < -0.3 is 24.4 Å². The lowest BCUT2D eigenvalue weighted by Gasteiger charge is -2.32. The summed E-state index contributed by atoms with van der Waals surface area (Å²) in [7, 11) is 2.09. The fraction of sp³-hybridized carbons (Fsp3) is 0.500. The maximum Gasteiger partial charge on any atom is 0.449 e. The highest BCUT2D eigenvalue weighted by molar-refractivity contribution is 6.30. The van der Waals surface area contributed by atoms with E-state index >= 15 is 0 Å². The molecule has 1 fully saturated rings. The molecule has 2 heterocycles. The quantitative estimate of drug-likeness (QED) is 0.217. The molecular weight excluding hydrogens is 736 g/mol. The molecule has 0 radical (unpaired) electrons. The lowest BCUT2D eigenvalue weighted by Crippen LogP contribution is -2.45. The number of aliphatic hydroxyl groups excluding tert-OH is 1. The monoisotopic (exact) mass is 779 g/mol. The van der Waals surface area contributed by atoms with Crippen LogP contribution in [-0.2, 0) is 16.0 Å². The van der Waals surface area contributed by atoms with E-state index in [1.165, 1.54) is 12.3 Å². The summed E-state index contributed by atoms with van der Waals surface area (Å²) < 4.78 is 78.2. The Morgan fingerprint density at radius 2 is 1.55 bits per heavy atom. The molecule has 2 N–H and O–H groups in total. The maximum atomic E-state index is 14.9. The van der Waals surface area contributed by atoms with E-state index in [1.54, 1.807) is 28.8 Å². The highest BCUT2D eigenvalue weighted by Gasteiger charge is 2.33. The summed E-state index contributed by atoms with van der Waals surface area (Å²) >= 11 is 6.02. The molecule has 53 heavy (non-hydrogen) atoms. The van der Waals surface area contributed by atoms with Crippen molar-refractivity contribution in [1.29, 1.82) is 0 Å². The standard InChI is InChI=1S/C29H35ClFN3O5.C4H6F2O.C3H3F3O/c1-18(2)25(17-35)34-16-22(29(37)38)28(36)21-14-20(13-19-5-4-6-23(30)27(19)31)26(15-24(21)34)39-12-11-33-9-7-32(3)8-10-33;1-3(7)4(2,5)6;1-2(7)3(4,5)6/h4-6,14-16,18,25,35H,7-13,17H2,1-3H3,(H,37,38);1-2H3;1H3. The number of pyridine rings is 1. The molecule has 1 saturated heterocycles. The summed E-state index contributed by atoms with van der Waals surface area (Å²) in [5.74, 6) is -7.48. The normalized spacial score (nSPS) is 14.5. The molecule has 1 aliphatic rings. The molecule has 1 atom stereocenters. The lowest BCUT2D eigenvalue weighted by atomic mass is 9.98. The third-order valence-electron chi connectivity index (χ3n) is 8.45. The fourth-order valence-corrected chi connectivity index (χ4v) is 5.18. The van der Waals surface area contributed by atoms with Crippen LogP contribution in [0.1, 0.15) is 62.1 Å². The van der Waals surface area contributed by atoms with E-state index in [1.807, 2.05) is 13.8 Å². The first-order chi connectivity index (χ1) is 24.5. The van der Waals surface area contributed by atoms with Crippen molar-refractivity contribution >= 4 is 40.0 Å². The molecule has 1 unspecified atom stereocenters. The van der Waals surface area contributed by atoms with Gasteiger partial charge in [0.15, 0.2) is 5.78 Å². The van der Waals surface area contributed by atoms with Gasteiger partial charge in [-0.05, 0) is 36.2 Å². The smallest absolute Gasteiger partial charge is 0.449 e. The summed E-state index contributed by atoms with van der Waals surface area (Å²) in [5.41, 5.74) is 0.271. The highest BCUT2D eigenvalue weighted by atomic mass is 35.5. The fourth-order valence-electron chi connectivity index (χ4n) is 4.99. The van der Waals surface area contributed by atoms with Gasteiger partial charge in [-0.2, -0.15) is 22.0 Å². The molecule has 2 aromatic carbocycles. The number of aromatic nitrogens is 1. The minimum Gasteiger partial charge on any atom is -0.492 e. The molecule has 4 rings (SSSR count). The number of carboxylic acid groups (broad SMARTS) is 1. The van der Waals surface area contributed by atoms with Gasteiger partial charge in [0, 0.05) is 77.6 Å². The molecule has 0 bridgehead atoms. The van der Waals surface area contributed by atoms with Crippen LogP contribution in [-0.4, -0.2) is 107 Å². The van der Waals surface area contributed by atoms with Crippen LogP contribution in [0, 0.1) is 11.7 Å². The summed E-state index contributed by atoms with van der Waals surface area (Å²) in [5, 5.41) is 20.1. The number of ether oxygens (including phenoxy) is 1. The first-order valence-electron chi connectivity index (χ1n) is 16.5. The van der Waals surface area contributed by atoms with Crippen molar-refractivity contribution in [1.82, 2.24) is 14.4 Å². The summed E-state index contributed by atoms with van der Waals surface area (Å²) in [6.45, 7) is 10.4. The Kier molecular flexibility index (Phi) is 16.5. The van der Waals surface area contributed by atoms with E-state index in [-0.39, 0.29) is 29.4 Å². The molecule has 0 aliphatic carbocycles. The van der Waals surface area contributed by atoms with Gasteiger partial charge in [-0.15, -0.1) is 0 Å². The summed E-state index contributed by atoms with van der Waals surface area (Å²) in [6.07, 6.45) is -3.26. The predicted molar refractivity (Wildman–Crippen MR) is 188 cm³/mol. The van der Waals surface area contributed by atoms with Gasteiger partial charge in [0.2, 0.25) is 11.2 Å². The van der Waals surface area contributed by atoms with Gasteiger partial charge in [0.1, 0.15) is 23.7 Å². The molecule has 17 heteroatoms. The second-order valence-corrected chi connectivity index (χ2v) is 13.3. The maximum absolute atomic E-state index is 14.9. The van der Waals surface area contributed by atoms with E-state index in [2.05, 4.69) is 16.8 Å². The van der Waals surface area contributed by atoms with Crippen LogP contribution < -0.4 is 10.2 Å². The highest BCUT2D eigenvalue weighted by Crippen LogP contribution is 2.32. The van der Waals surface area contributed by atoms with Gasteiger partial charge in [0.25, 0.3) is 0 Å². The van der Waals surface area contributed by atoms with Gasteiger partial charge in [-0.3, -0.25) is 19.3 Å². The number of aromatic carboxylic acids is 1. The number of fused-ring (bicyclic) bond motifs is 1. The first kappa shape index (κ1) is 45.2. The molecule has 294 valence electrons. The first-order valence-corrected chi connectivity index (χ1v) is 16.9. The number of likely N-dealkylation sites (N-methyl/N-ethyl adjacent to an activating group) is 1. The number of carbonyl (C=O) groups excluding carboxylic acids is 2. The number of carboxylic acids is 1. The Labute approximate surface area is 307 Å². The number of alkyl halides is 5. The molecule has 3 aromatic rings. The van der Waals surface area contributed by atoms with Crippen LogP contribution in [0.25, 0.3) is 10.9 Å². The number of nitrogens with zero attached hydrogens (tertiary/aromatic N) is 3. The Morgan fingerprint density at radius 3 is 2.02 bits per heavy atom. The predicted octanol–water partition coefficient (Wildman–Crippen LogP) is 6.27. The van der Waals surface area contributed by atoms with Crippen molar-refractivity contribution in [2.75, 3.05) is 53.0 Å². The van der Waals surface area contributed by atoms with Crippen LogP contribution in [0.3, 0.4) is 0 Å². The zero-order valence-electron chi connectivity index (χ0n) is 30.2. The number of Topliss-reactive ketones (excluding diaryl/α,β-unsaturated/α-hetero) is 2. The molecule has 0 amide bonds. The summed E-state index contributed by atoms with van der Waals surface area (Å²) in [6, 6.07) is 7.55. The minimum atomic E-state index is -4.64. The SMILES string of the molecule is CC(=O)C(C)(F)F.CC(=O)C(F)(F)F.CC(C)C(CO)n1cc(C(=O)O)c(=O)c2cc(Cc3cccc(Cl)c3F)c(OCCN3CCN(C)CC3)cc21. The Bertz CT molecular complexity index is 1780. The van der Waals surface area contributed by atoms with Crippen molar-refractivity contribution in [3.05, 3.63) is 74.3 Å². The molecule has 0 spiro atoms. The number of hydrogen-bond acceptors (Lipinski definition) is 8. The van der Waals surface area contributed by atoms with Crippen molar-refractivity contribution in [3.63, 3.8) is 0 Å². The number of piperazine rings is 1. The molecular formula is C36H44ClF6N3O7. The largest absolute Gasteiger partial charge is 0.492 e. The molecule has 1 aromatic heterocycles. The topological polar surface area (TPSA) is 129 Å². The average molecular weight is 780 g/mol. The van der Waals surface area contributed by atoms with Crippen LogP contribution in [0.5, 0.6) is 5.75 Å². The minimum absolute atomic E-state index is 0.0101. The second kappa shape index (κ2) is 19.4. The molecule has 1 aliphatic heterocycles. The van der Waals surface area contributed by atoms with E-state index < -0.39 is 52.5 Å². The number of hydrogen-bond donors (Lipinski definition) is 2. The van der Waals surface area contributed by atoms with Crippen molar-refractivity contribution < 1.29 is 55.7 Å². The van der Waals surface area contributed by atoms with Gasteiger partial charge in [-0.1, -0.05) is 37.6 Å². The molecule has 0 saturated carbocycles. The van der Waals surface area contributed by atoms with E-state index in [0.717, 1.165) is 33.1 Å². The van der Waals surface area contributed by atoms with Gasteiger partial charge in [-0.25, -0.2) is 9.18 Å². The zero-order valence-corrected chi connectivity index (χ0v) is 31.0. The third-order valence-corrected chi connectivity index (χ3v) is 8.74. The van der Waals surface area contributed by atoms with E-state index in [4.69, 9.17) is 16.3 Å². The Hall–Kier alpha value is -3.99. The van der Waals surface area contributed by atoms with E-state index in [0.29, 0.717) is 49.4 Å². The van der Waals surface area contributed by atoms with Crippen LogP contribution in [0.2, 0.25) is 5.02 Å². The van der Waals surface area contributed by atoms with E-state index in [9.17, 15) is 55.7 Å². The van der Waals surface area contributed by atoms with Gasteiger partial charge in [0.05, 0.1) is 23.2 Å². The average Bonchev–Trinajstić information content (AvgIpc) is 3.05. The number of carbonyl (C=O) groups is 3. The molecule has 10 nitrogen and oxygen atoms in total. The van der Waals surface area contributed by atoms with Crippen LogP contribution in [0.4, 0.5) is 26.3 Å². The second-order valence-electron chi connectivity index (χ2n) is 12.9.